The molecule has 0 bridgehead atoms. The average Bonchev–Trinajstić information content (AvgIpc) is 2.99. The highest BCUT2D eigenvalue weighted by Gasteiger charge is 2.32. The minimum Gasteiger partial charge on any atom is -0.310 e. The summed E-state index contributed by atoms with van der Waals surface area (Å²) in [5.41, 5.74) is 0.969. The molecule has 9 heteroatoms. The van der Waals surface area contributed by atoms with Gasteiger partial charge >= 0.3 is 0 Å². The molecule has 0 aromatic heterocycles. The van der Waals surface area contributed by atoms with Crippen molar-refractivity contribution in [1.29, 1.82) is 0 Å². The molecular weight excluding hydrogens is 491 g/mol. The molecule has 0 aliphatic carbocycles. The van der Waals surface area contributed by atoms with Crippen LogP contribution in [0, 0.1) is 5.82 Å². The van der Waals surface area contributed by atoms with Crippen molar-refractivity contribution in [3.63, 3.8) is 0 Å². The maximum atomic E-state index is 14.1. The van der Waals surface area contributed by atoms with Crippen LogP contribution in [0.25, 0.3) is 0 Å². The van der Waals surface area contributed by atoms with Crippen molar-refractivity contribution in [2.24, 2.45) is 0 Å². The van der Waals surface area contributed by atoms with Gasteiger partial charge in [0, 0.05) is 21.9 Å². The Morgan fingerprint density at radius 2 is 1.96 bits per heavy atom. The van der Waals surface area contributed by atoms with Crippen molar-refractivity contribution in [2.45, 2.75) is 24.7 Å². The van der Waals surface area contributed by atoms with Crippen LogP contribution in [0.2, 0.25) is 0 Å². The maximum Gasteiger partial charge on any atom is 0.264 e. The molecule has 0 radical (unpaired) electrons. The fourth-order valence-electron chi connectivity index (χ4n) is 2.89. The van der Waals surface area contributed by atoms with E-state index in [0.717, 1.165) is 5.56 Å². The lowest BCUT2D eigenvalue weighted by atomic mass is 10.2. The summed E-state index contributed by atoms with van der Waals surface area (Å²) in [5, 5.41) is 0. The first-order valence-electron chi connectivity index (χ1n) is 7.83. The number of hydrogen-bond donors (Lipinski definition) is 1. The van der Waals surface area contributed by atoms with Crippen molar-refractivity contribution in [1.82, 2.24) is 0 Å². The van der Waals surface area contributed by atoms with E-state index >= 15 is 0 Å². The fraction of sp³-hybridized carbons (Fsp3) is 0.235. The van der Waals surface area contributed by atoms with E-state index in [1.54, 1.807) is 19.1 Å². The minimum atomic E-state index is -4.10. The summed E-state index contributed by atoms with van der Waals surface area (Å²) in [5.74, 6) is -0.853. The zero-order chi connectivity index (χ0) is 19.1. The number of benzene rings is 2. The lowest BCUT2D eigenvalue weighted by Gasteiger charge is -2.20. The number of carbonyl (C=O) groups is 1. The smallest absolute Gasteiger partial charge is 0.264 e. The highest BCUT2D eigenvalue weighted by atomic mass is 79.9. The quantitative estimate of drug-likeness (QED) is 0.667. The van der Waals surface area contributed by atoms with Gasteiger partial charge in [0.25, 0.3) is 10.0 Å². The lowest BCUT2D eigenvalue weighted by molar-refractivity contribution is -0.118. The normalized spacial score (nSPS) is 13.6. The average molecular weight is 506 g/mol. The monoisotopic (exact) mass is 504 g/mol. The molecule has 1 heterocycles. The molecule has 26 heavy (non-hydrogen) atoms. The van der Waals surface area contributed by atoms with Crippen LogP contribution < -0.4 is 9.62 Å². The molecule has 3 rings (SSSR count). The third-order valence-electron chi connectivity index (χ3n) is 4.06. The molecule has 5 nitrogen and oxygen atoms in total. The molecule has 0 fully saturated rings. The molecule has 0 atom stereocenters. The second-order valence-corrected chi connectivity index (χ2v) is 9.27. The van der Waals surface area contributed by atoms with E-state index in [9.17, 15) is 17.6 Å². The van der Waals surface area contributed by atoms with Crippen LogP contribution in [0.5, 0.6) is 0 Å². The summed E-state index contributed by atoms with van der Waals surface area (Å²) in [4.78, 5) is 13.7. The predicted molar refractivity (Wildman–Crippen MR) is 105 cm³/mol. The van der Waals surface area contributed by atoms with Crippen molar-refractivity contribution >= 4 is 59.2 Å². The van der Waals surface area contributed by atoms with Crippen LogP contribution in [-0.4, -0.2) is 20.9 Å². The summed E-state index contributed by atoms with van der Waals surface area (Å²) in [6, 6.07) is 7.29. The van der Waals surface area contributed by atoms with E-state index in [2.05, 4.69) is 36.6 Å². The number of sulfonamides is 1. The highest BCUT2D eigenvalue weighted by Crippen LogP contribution is 2.38. The van der Waals surface area contributed by atoms with E-state index in [1.165, 1.54) is 23.1 Å². The van der Waals surface area contributed by atoms with Gasteiger partial charge in [0.15, 0.2) is 0 Å². The second-order valence-electron chi connectivity index (χ2n) is 5.79. The Bertz CT molecular complexity index is 996. The molecule has 0 saturated carbocycles. The number of amides is 1. The third-order valence-corrected chi connectivity index (χ3v) is 6.39. The SMILES string of the molecule is CCC(=O)N1CCc2cc(Br)cc(S(=O)(=O)Nc3ccc(Br)cc3F)c21. The van der Waals surface area contributed by atoms with Gasteiger partial charge in [-0.2, -0.15) is 0 Å². The molecule has 1 aliphatic heterocycles. The minimum absolute atomic E-state index is 0.0523. The van der Waals surface area contributed by atoms with E-state index in [0.29, 0.717) is 27.6 Å². The molecule has 1 amide bonds. The number of halogens is 3. The van der Waals surface area contributed by atoms with Crippen LogP contribution in [0.4, 0.5) is 15.8 Å². The Hall–Kier alpha value is -1.45. The summed E-state index contributed by atoms with van der Waals surface area (Å²) < 4.78 is 43.4. The molecule has 1 N–H and O–H groups in total. The van der Waals surface area contributed by atoms with Gasteiger partial charge in [-0.1, -0.05) is 38.8 Å². The van der Waals surface area contributed by atoms with Crippen LogP contribution in [0.15, 0.2) is 44.2 Å². The third kappa shape index (κ3) is 3.65. The number of rotatable bonds is 4. The lowest BCUT2D eigenvalue weighted by Crippen LogP contribution is -2.29. The van der Waals surface area contributed by atoms with Gasteiger partial charge < -0.3 is 4.90 Å². The van der Waals surface area contributed by atoms with Gasteiger partial charge in [-0.25, -0.2) is 12.8 Å². The first kappa shape index (κ1) is 19.3. The number of anilines is 2. The van der Waals surface area contributed by atoms with Crippen LogP contribution in [-0.2, 0) is 21.2 Å². The second kappa shape index (κ2) is 7.28. The summed E-state index contributed by atoms with van der Waals surface area (Å²) in [6.07, 6.45) is 0.833. The van der Waals surface area contributed by atoms with E-state index < -0.39 is 15.8 Å². The first-order chi connectivity index (χ1) is 12.2. The Morgan fingerprint density at radius 1 is 1.23 bits per heavy atom. The zero-order valence-corrected chi connectivity index (χ0v) is 17.7. The molecule has 0 unspecified atom stereocenters. The number of carbonyl (C=O) groups excluding carboxylic acids is 1. The van der Waals surface area contributed by atoms with Crippen molar-refractivity contribution in [2.75, 3.05) is 16.2 Å². The van der Waals surface area contributed by atoms with E-state index in [-0.39, 0.29) is 22.9 Å². The van der Waals surface area contributed by atoms with Gasteiger partial charge in [0.1, 0.15) is 10.7 Å². The number of nitrogens with zero attached hydrogens (tertiary/aromatic N) is 1. The number of fused-ring (bicyclic) bond motifs is 1. The Kier molecular flexibility index (Phi) is 5.41. The Balaban J connectivity index is 2.09. The molecule has 1 aliphatic rings. The zero-order valence-electron chi connectivity index (χ0n) is 13.7. The highest BCUT2D eigenvalue weighted by molar-refractivity contribution is 9.10. The van der Waals surface area contributed by atoms with Gasteiger partial charge in [-0.05, 0) is 42.3 Å². The fourth-order valence-corrected chi connectivity index (χ4v) is 5.22. The molecule has 2 aromatic carbocycles. The summed E-state index contributed by atoms with van der Waals surface area (Å²) in [7, 11) is -4.10. The topological polar surface area (TPSA) is 66.5 Å². The van der Waals surface area contributed by atoms with E-state index in [4.69, 9.17) is 0 Å². The number of nitrogens with one attached hydrogen (secondary N) is 1. The standard InChI is InChI=1S/C17H15Br2FN2O3S/c1-2-16(23)22-6-5-10-7-12(19)9-15(17(10)22)26(24,25)21-14-4-3-11(18)8-13(14)20/h3-4,7-9,21H,2,5-6H2,1H3. The van der Waals surface area contributed by atoms with E-state index in [1.807, 2.05) is 0 Å². The largest absolute Gasteiger partial charge is 0.310 e. The summed E-state index contributed by atoms with van der Waals surface area (Å²) in [6.45, 7) is 2.15. The van der Waals surface area contributed by atoms with Crippen LogP contribution in [0.3, 0.4) is 0 Å². The molecular formula is C17H15Br2FN2O3S. The molecule has 0 spiro atoms. The summed E-state index contributed by atoms with van der Waals surface area (Å²) >= 11 is 6.45. The molecule has 0 saturated heterocycles. The van der Waals surface area contributed by atoms with Crippen molar-refractivity contribution in [3.05, 3.63) is 50.7 Å². The predicted octanol–water partition coefficient (Wildman–Crippen LogP) is 4.45. The van der Waals surface area contributed by atoms with Crippen LogP contribution >= 0.6 is 31.9 Å². The van der Waals surface area contributed by atoms with Crippen molar-refractivity contribution < 1.29 is 17.6 Å². The Morgan fingerprint density at radius 3 is 2.62 bits per heavy atom. The maximum absolute atomic E-state index is 14.1. The number of hydrogen-bond acceptors (Lipinski definition) is 3. The molecule has 2 aromatic rings. The van der Waals surface area contributed by atoms with Gasteiger partial charge in [0.05, 0.1) is 11.4 Å². The first-order valence-corrected chi connectivity index (χ1v) is 10.9. The van der Waals surface area contributed by atoms with Gasteiger partial charge in [-0.3, -0.25) is 9.52 Å². The van der Waals surface area contributed by atoms with Crippen LogP contribution in [0.1, 0.15) is 18.9 Å². The van der Waals surface area contributed by atoms with Gasteiger partial charge in [-0.15, -0.1) is 0 Å². The van der Waals surface area contributed by atoms with Crippen molar-refractivity contribution in [3.8, 4) is 0 Å². The van der Waals surface area contributed by atoms with Gasteiger partial charge in [0.2, 0.25) is 5.91 Å². The Labute approximate surface area is 167 Å². The molecule has 138 valence electrons.